The van der Waals surface area contributed by atoms with Crippen LogP contribution in [0.25, 0.3) is 5.53 Å². The van der Waals surface area contributed by atoms with Gasteiger partial charge in [-0.15, -0.1) is 4.79 Å². The molecule has 1 aliphatic heterocycles. The van der Waals surface area contributed by atoms with Crippen molar-refractivity contribution in [2.45, 2.75) is 39.5 Å². The molecule has 0 spiro atoms. The van der Waals surface area contributed by atoms with Crippen molar-refractivity contribution in [1.29, 1.82) is 0 Å². The quantitative estimate of drug-likeness (QED) is 0.313. The number of carbonyl (C=O) groups excluding carboxylic acids is 2. The normalized spacial score (nSPS) is 18.2. The first-order valence-electron chi connectivity index (χ1n) is 9.78. The molecule has 0 aromatic heterocycles. The third kappa shape index (κ3) is 7.07. The van der Waals surface area contributed by atoms with Crippen LogP contribution in [0.2, 0.25) is 0 Å². The molecule has 2 unspecified atom stereocenters. The van der Waals surface area contributed by atoms with Gasteiger partial charge in [-0.2, -0.15) is 0 Å². The Bertz CT molecular complexity index is 820. The lowest BCUT2D eigenvalue weighted by atomic mass is 9.83. The molecule has 2 amide bonds. The zero-order valence-corrected chi connectivity index (χ0v) is 19.6. The average molecular weight is 437 g/mol. The molecule has 2 atom stereocenters. The topological polar surface area (TPSA) is 103 Å². The standard InChI is InChI=1S/C13H17N3O3S.C8H15NO/c1-10(2)9-16(3)13(17)12(15-14)19-20(18)11-7-5-4-6-8-11;1-6-7(10)9(4)5-8(6,2)3/h4-8,10H,9H2,1-3H3;6H,5H2,1-4H3. The molecule has 30 heavy (non-hydrogen) atoms. The summed E-state index contributed by atoms with van der Waals surface area (Å²) in [7, 11) is 3.43. The SMILES string of the molecule is CC(C)CN(C)C(=O)C(=[N+]=[N-])OS(=O)c1ccccc1.CC1C(=O)N(C)CC1(C)C. The lowest BCUT2D eigenvalue weighted by Crippen LogP contribution is -2.37. The van der Waals surface area contributed by atoms with E-state index in [2.05, 4.69) is 18.6 Å². The van der Waals surface area contributed by atoms with Crippen LogP contribution in [0, 0.1) is 17.3 Å². The van der Waals surface area contributed by atoms with Gasteiger partial charge in [-0.3, -0.25) is 9.59 Å². The van der Waals surface area contributed by atoms with Gasteiger partial charge in [0.25, 0.3) is 0 Å². The second-order valence-corrected chi connectivity index (χ2v) is 9.63. The lowest BCUT2D eigenvalue weighted by molar-refractivity contribution is -0.131. The molecule has 9 heteroatoms. The Morgan fingerprint density at radius 3 is 2.30 bits per heavy atom. The largest absolute Gasteiger partial charge is 0.555 e. The van der Waals surface area contributed by atoms with Crippen molar-refractivity contribution < 1.29 is 22.8 Å². The summed E-state index contributed by atoms with van der Waals surface area (Å²) in [6.07, 6.45) is 0. The molecular weight excluding hydrogens is 404 g/mol. The summed E-state index contributed by atoms with van der Waals surface area (Å²) in [6.45, 7) is 11.5. The zero-order valence-electron chi connectivity index (χ0n) is 18.8. The molecule has 8 nitrogen and oxygen atoms in total. The number of amides is 2. The summed E-state index contributed by atoms with van der Waals surface area (Å²) in [4.78, 5) is 29.5. The van der Waals surface area contributed by atoms with Crippen LogP contribution < -0.4 is 0 Å². The second kappa shape index (κ2) is 11.0. The zero-order chi connectivity index (χ0) is 23.1. The van der Waals surface area contributed by atoms with Gasteiger partial charge in [0, 0.05) is 33.1 Å². The Kier molecular flexibility index (Phi) is 9.39. The average Bonchev–Trinajstić information content (AvgIpc) is 2.87. The molecule has 1 saturated heterocycles. The van der Waals surface area contributed by atoms with Crippen molar-refractivity contribution in [3.05, 3.63) is 35.9 Å². The van der Waals surface area contributed by atoms with Crippen molar-refractivity contribution >= 4 is 28.8 Å². The fourth-order valence-electron chi connectivity index (χ4n) is 3.03. The van der Waals surface area contributed by atoms with E-state index in [-0.39, 0.29) is 23.2 Å². The van der Waals surface area contributed by atoms with E-state index in [0.29, 0.717) is 11.4 Å². The van der Waals surface area contributed by atoms with Crippen LogP contribution >= 0.6 is 0 Å². The van der Waals surface area contributed by atoms with Crippen LogP contribution in [-0.4, -0.2) is 63.7 Å². The summed E-state index contributed by atoms with van der Waals surface area (Å²) < 4.78 is 16.8. The smallest absolute Gasteiger partial charge is 0.357 e. The first-order valence-corrected chi connectivity index (χ1v) is 10.9. The van der Waals surface area contributed by atoms with Crippen molar-refractivity contribution in [3.63, 3.8) is 0 Å². The fraction of sp³-hybridized carbons (Fsp3) is 0.571. The number of benzene rings is 1. The van der Waals surface area contributed by atoms with Gasteiger partial charge < -0.3 is 19.5 Å². The van der Waals surface area contributed by atoms with Gasteiger partial charge in [-0.1, -0.05) is 52.8 Å². The van der Waals surface area contributed by atoms with Crippen molar-refractivity contribution in [3.8, 4) is 0 Å². The van der Waals surface area contributed by atoms with Crippen molar-refractivity contribution in [2.75, 3.05) is 27.2 Å². The highest BCUT2D eigenvalue weighted by Crippen LogP contribution is 2.34. The fourth-order valence-corrected chi connectivity index (χ4v) is 3.75. The van der Waals surface area contributed by atoms with E-state index in [4.69, 9.17) is 9.71 Å². The first-order chi connectivity index (χ1) is 13.9. The molecule has 166 valence electrons. The highest BCUT2D eigenvalue weighted by atomic mass is 32.2. The molecule has 1 fully saturated rings. The predicted molar refractivity (Wildman–Crippen MR) is 116 cm³/mol. The number of nitrogens with zero attached hydrogens (tertiary/aromatic N) is 4. The van der Waals surface area contributed by atoms with E-state index in [1.807, 2.05) is 32.7 Å². The number of likely N-dealkylation sites (tertiary alicyclic amines) is 1. The Morgan fingerprint density at radius 2 is 1.93 bits per heavy atom. The van der Waals surface area contributed by atoms with Crippen LogP contribution in [0.4, 0.5) is 0 Å². The highest BCUT2D eigenvalue weighted by Gasteiger charge is 2.41. The van der Waals surface area contributed by atoms with Crippen molar-refractivity contribution in [2.24, 2.45) is 17.3 Å². The number of hydrogen-bond donors (Lipinski definition) is 0. The van der Waals surface area contributed by atoms with Gasteiger partial charge >= 0.3 is 11.8 Å². The Balaban J connectivity index is 0.000000375. The number of rotatable bonds is 4. The molecule has 1 aliphatic rings. The summed E-state index contributed by atoms with van der Waals surface area (Å²) >= 11 is -1.90. The van der Waals surface area contributed by atoms with E-state index in [1.165, 1.54) is 4.90 Å². The minimum Gasteiger partial charge on any atom is -0.357 e. The molecular formula is C21H32N4O4S. The summed E-state index contributed by atoms with van der Waals surface area (Å²) in [5.74, 6) is -0.480. The van der Waals surface area contributed by atoms with Crippen LogP contribution in [-0.2, 0) is 24.9 Å². The van der Waals surface area contributed by atoms with E-state index in [9.17, 15) is 13.8 Å². The van der Waals surface area contributed by atoms with E-state index < -0.39 is 22.9 Å². The molecule has 1 aromatic rings. The van der Waals surface area contributed by atoms with Gasteiger partial charge in [0.15, 0.2) is 0 Å². The maximum absolute atomic E-state index is 12.0. The third-order valence-corrected chi connectivity index (χ3v) is 5.88. The van der Waals surface area contributed by atoms with Crippen LogP contribution in [0.1, 0.15) is 34.6 Å². The molecule has 0 saturated carbocycles. The maximum Gasteiger partial charge on any atom is 0.555 e. The summed E-state index contributed by atoms with van der Waals surface area (Å²) in [5.41, 5.74) is 9.03. The van der Waals surface area contributed by atoms with E-state index >= 15 is 0 Å². The Morgan fingerprint density at radius 1 is 1.37 bits per heavy atom. The van der Waals surface area contributed by atoms with E-state index in [1.54, 1.807) is 37.4 Å². The first kappa shape index (κ1) is 25.5. The van der Waals surface area contributed by atoms with Crippen LogP contribution in [0.5, 0.6) is 0 Å². The molecule has 0 N–H and O–H groups in total. The summed E-state index contributed by atoms with van der Waals surface area (Å²) in [6, 6.07) is 8.34. The predicted octanol–water partition coefficient (Wildman–Crippen LogP) is 2.59. The minimum absolute atomic E-state index is 0.172. The molecule has 0 bridgehead atoms. The van der Waals surface area contributed by atoms with Gasteiger partial charge in [0.2, 0.25) is 17.0 Å². The molecule has 0 radical (unpaired) electrons. The Hall–Kier alpha value is -2.51. The number of hydrogen-bond acceptors (Lipinski definition) is 4. The molecule has 2 rings (SSSR count). The monoisotopic (exact) mass is 436 g/mol. The minimum atomic E-state index is -1.90. The van der Waals surface area contributed by atoms with Crippen molar-refractivity contribution in [1.82, 2.24) is 9.80 Å². The molecule has 1 aromatic carbocycles. The lowest BCUT2D eigenvalue weighted by Gasteiger charge is -2.19. The Labute approximate surface area is 181 Å². The highest BCUT2D eigenvalue weighted by molar-refractivity contribution is 7.80. The number of carbonyl (C=O) groups is 2. The van der Waals surface area contributed by atoms with Gasteiger partial charge in [-0.05, 0) is 23.5 Å². The second-order valence-electron chi connectivity index (χ2n) is 8.52. The molecule has 0 aliphatic carbocycles. The number of likely N-dealkylation sites (N-methyl/N-ethyl adjacent to an activating group) is 1. The van der Waals surface area contributed by atoms with Crippen LogP contribution in [0.15, 0.2) is 35.2 Å². The van der Waals surface area contributed by atoms with Gasteiger partial charge in [-0.25, -0.2) is 4.21 Å². The van der Waals surface area contributed by atoms with Gasteiger partial charge in [0.05, 0.1) is 4.90 Å². The van der Waals surface area contributed by atoms with Gasteiger partial charge in [0.1, 0.15) is 0 Å². The summed E-state index contributed by atoms with van der Waals surface area (Å²) in [5, 5.41) is 0. The maximum atomic E-state index is 12.0. The third-order valence-electron chi connectivity index (χ3n) is 4.91. The van der Waals surface area contributed by atoms with Crippen LogP contribution in [0.3, 0.4) is 0 Å². The molecule has 1 heterocycles. The van der Waals surface area contributed by atoms with E-state index in [0.717, 1.165) is 6.54 Å².